The lowest BCUT2D eigenvalue weighted by atomic mass is 10.0. The zero-order valence-electron chi connectivity index (χ0n) is 18.7. The summed E-state index contributed by atoms with van der Waals surface area (Å²) in [5, 5.41) is 9.14. The SMILES string of the molecule is COc1ccc(CC(=O)O)cc1Oc1cc(Br)ccc1CN1C(=O)OC(c2ccccc2)C1C. The number of amides is 1. The summed E-state index contributed by atoms with van der Waals surface area (Å²) < 4.78 is 18.1. The van der Waals surface area contributed by atoms with Gasteiger partial charge < -0.3 is 19.3 Å². The Kier molecular flexibility index (Phi) is 7.07. The van der Waals surface area contributed by atoms with Crippen molar-refractivity contribution >= 4 is 28.0 Å². The van der Waals surface area contributed by atoms with Gasteiger partial charge in [-0.3, -0.25) is 9.69 Å². The minimum absolute atomic E-state index is 0.135. The van der Waals surface area contributed by atoms with Gasteiger partial charge in [-0.25, -0.2) is 4.79 Å². The molecule has 1 fully saturated rings. The smallest absolute Gasteiger partial charge is 0.411 e. The third-order valence-electron chi connectivity index (χ3n) is 5.69. The van der Waals surface area contributed by atoms with Crippen LogP contribution < -0.4 is 9.47 Å². The molecule has 4 rings (SSSR count). The molecule has 0 aromatic heterocycles. The van der Waals surface area contributed by atoms with Crippen molar-refractivity contribution in [3.63, 3.8) is 0 Å². The van der Waals surface area contributed by atoms with Crippen LogP contribution in [0.3, 0.4) is 0 Å². The Morgan fingerprint density at radius 3 is 2.53 bits per heavy atom. The van der Waals surface area contributed by atoms with E-state index < -0.39 is 12.1 Å². The number of hydrogen-bond acceptors (Lipinski definition) is 5. The summed E-state index contributed by atoms with van der Waals surface area (Å²) in [6.07, 6.45) is -0.887. The molecule has 1 saturated heterocycles. The molecule has 176 valence electrons. The van der Waals surface area contributed by atoms with Crippen LogP contribution in [0.4, 0.5) is 4.79 Å². The van der Waals surface area contributed by atoms with Crippen LogP contribution in [0.25, 0.3) is 0 Å². The van der Waals surface area contributed by atoms with E-state index in [1.807, 2.05) is 49.4 Å². The molecule has 34 heavy (non-hydrogen) atoms. The van der Waals surface area contributed by atoms with Gasteiger partial charge in [0.05, 0.1) is 26.1 Å². The lowest BCUT2D eigenvalue weighted by molar-refractivity contribution is -0.136. The van der Waals surface area contributed by atoms with Gasteiger partial charge in [0.25, 0.3) is 0 Å². The van der Waals surface area contributed by atoms with Crippen LogP contribution in [0.2, 0.25) is 0 Å². The van der Waals surface area contributed by atoms with Gasteiger partial charge in [0.1, 0.15) is 11.9 Å². The van der Waals surface area contributed by atoms with Gasteiger partial charge in [-0.15, -0.1) is 0 Å². The molecular weight excluding hydrogens is 502 g/mol. The van der Waals surface area contributed by atoms with Gasteiger partial charge in [0.2, 0.25) is 0 Å². The lowest BCUT2D eigenvalue weighted by Gasteiger charge is -2.22. The van der Waals surface area contributed by atoms with Crippen molar-refractivity contribution in [2.24, 2.45) is 0 Å². The summed E-state index contributed by atoms with van der Waals surface area (Å²) in [6, 6.07) is 20.1. The summed E-state index contributed by atoms with van der Waals surface area (Å²) in [7, 11) is 1.52. The molecule has 1 aliphatic rings. The molecule has 0 bridgehead atoms. The molecule has 1 heterocycles. The van der Waals surface area contributed by atoms with Crippen LogP contribution in [0.5, 0.6) is 17.2 Å². The van der Waals surface area contributed by atoms with E-state index in [1.54, 1.807) is 29.2 Å². The molecule has 1 N–H and O–H groups in total. The van der Waals surface area contributed by atoms with Gasteiger partial charge in [-0.05, 0) is 42.3 Å². The van der Waals surface area contributed by atoms with Gasteiger partial charge in [-0.1, -0.05) is 58.4 Å². The molecular formula is C26H24BrNO6. The third-order valence-corrected chi connectivity index (χ3v) is 6.19. The minimum Gasteiger partial charge on any atom is -0.493 e. The summed E-state index contributed by atoms with van der Waals surface area (Å²) in [6.45, 7) is 2.24. The molecule has 0 saturated carbocycles. The van der Waals surface area contributed by atoms with Gasteiger partial charge in [0.15, 0.2) is 11.5 Å². The third kappa shape index (κ3) is 5.17. The number of hydrogen-bond donors (Lipinski definition) is 1. The van der Waals surface area contributed by atoms with Crippen molar-refractivity contribution in [1.29, 1.82) is 0 Å². The summed E-state index contributed by atoms with van der Waals surface area (Å²) in [5.74, 6) is 0.440. The van der Waals surface area contributed by atoms with Crippen molar-refractivity contribution < 1.29 is 28.9 Å². The average Bonchev–Trinajstić information content (AvgIpc) is 3.09. The van der Waals surface area contributed by atoms with E-state index in [9.17, 15) is 9.59 Å². The van der Waals surface area contributed by atoms with E-state index in [0.717, 1.165) is 15.6 Å². The molecule has 7 nitrogen and oxygen atoms in total. The number of benzene rings is 3. The fourth-order valence-corrected chi connectivity index (χ4v) is 4.28. The Labute approximate surface area is 206 Å². The normalized spacial score (nSPS) is 17.4. The van der Waals surface area contributed by atoms with Gasteiger partial charge in [0, 0.05) is 10.0 Å². The lowest BCUT2D eigenvalue weighted by Crippen LogP contribution is -2.31. The highest BCUT2D eigenvalue weighted by atomic mass is 79.9. The Balaban J connectivity index is 1.61. The number of cyclic esters (lactones) is 1. The summed E-state index contributed by atoms with van der Waals surface area (Å²) in [5.41, 5.74) is 2.30. The molecule has 0 spiro atoms. The predicted octanol–water partition coefficient (Wildman–Crippen LogP) is 5.96. The first-order chi connectivity index (χ1) is 16.4. The van der Waals surface area contributed by atoms with Crippen molar-refractivity contribution in [2.45, 2.75) is 32.0 Å². The Morgan fingerprint density at radius 2 is 1.82 bits per heavy atom. The number of ether oxygens (including phenoxy) is 3. The second-order valence-electron chi connectivity index (χ2n) is 7.99. The van der Waals surface area contributed by atoms with Crippen LogP contribution in [0, 0.1) is 0 Å². The molecule has 0 aliphatic carbocycles. The van der Waals surface area contributed by atoms with E-state index in [-0.39, 0.29) is 25.1 Å². The number of aliphatic carboxylic acids is 1. The fraction of sp³-hybridized carbons (Fsp3) is 0.231. The Hall–Kier alpha value is -3.52. The Morgan fingerprint density at radius 1 is 1.06 bits per heavy atom. The van der Waals surface area contributed by atoms with E-state index in [0.29, 0.717) is 22.8 Å². The van der Waals surface area contributed by atoms with E-state index in [1.165, 1.54) is 7.11 Å². The highest BCUT2D eigenvalue weighted by Gasteiger charge is 2.39. The van der Waals surface area contributed by atoms with Crippen LogP contribution in [0.15, 0.2) is 71.2 Å². The first-order valence-electron chi connectivity index (χ1n) is 10.7. The van der Waals surface area contributed by atoms with Crippen molar-refractivity contribution in [1.82, 2.24) is 4.90 Å². The van der Waals surface area contributed by atoms with Gasteiger partial charge in [-0.2, -0.15) is 0 Å². The maximum absolute atomic E-state index is 12.7. The van der Waals surface area contributed by atoms with Crippen LogP contribution in [0.1, 0.15) is 29.7 Å². The van der Waals surface area contributed by atoms with Gasteiger partial charge >= 0.3 is 12.1 Å². The Bertz CT molecular complexity index is 1200. The first kappa shape index (κ1) is 23.6. The molecule has 3 aromatic carbocycles. The largest absolute Gasteiger partial charge is 0.493 e. The average molecular weight is 526 g/mol. The number of methoxy groups -OCH3 is 1. The monoisotopic (exact) mass is 525 g/mol. The molecule has 1 aliphatic heterocycles. The highest BCUT2D eigenvalue weighted by Crippen LogP contribution is 2.38. The molecule has 2 atom stereocenters. The second kappa shape index (κ2) is 10.2. The zero-order valence-corrected chi connectivity index (χ0v) is 20.3. The maximum Gasteiger partial charge on any atom is 0.411 e. The predicted molar refractivity (Wildman–Crippen MR) is 129 cm³/mol. The number of nitrogens with zero attached hydrogens (tertiary/aromatic N) is 1. The quantitative estimate of drug-likeness (QED) is 0.390. The highest BCUT2D eigenvalue weighted by molar-refractivity contribution is 9.10. The van der Waals surface area contributed by atoms with Crippen molar-refractivity contribution in [3.05, 3.63) is 87.9 Å². The second-order valence-corrected chi connectivity index (χ2v) is 8.91. The number of rotatable bonds is 8. The summed E-state index contributed by atoms with van der Waals surface area (Å²) >= 11 is 3.47. The number of carbonyl (C=O) groups is 2. The number of carbonyl (C=O) groups excluding carboxylic acids is 1. The number of halogens is 1. The number of carboxylic acids is 1. The van der Waals surface area contributed by atoms with E-state index >= 15 is 0 Å². The van der Waals surface area contributed by atoms with E-state index in [4.69, 9.17) is 19.3 Å². The van der Waals surface area contributed by atoms with Crippen molar-refractivity contribution in [3.8, 4) is 17.2 Å². The van der Waals surface area contributed by atoms with Crippen LogP contribution >= 0.6 is 15.9 Å². The van der Waals surface area contributed by atoms with E-state index in [2.05, 4.69) is 15.9 Å². The minimum atomic E-state index is -0.936. The first-order valence-corrected chi connectivity index (χ1v) is 11.5. The molecule has 3 aromatic rings. The number of carboxylic acid groups (broad SMARTS) is 1. The van der Waals surface area contributed by atoms with Crippen LogP contribution in [-0.2, 0) is 22.5 Å². The maximum atomic E-state index is 12.7. The standard InChI is InChI=1S/C26H24BrNO6/c1-16-25(18-6-4-3-5-7-18)34-26(31)28(16)15-19-9-10-20(27)14-22(19)33-23-12-17(13-24(29)30)8-11-21(23)32-2/h3-12,14,16,25H,13,15H2,1-2H3,(H,29,30). The molecule has 0 radical (unpaired) electrons. The van der Waals surface area contributed by atoms with Crippen LogP contribution in [-0.4, -0.2) is 35.2 Å². The summed E-state index contributed by atoms with van der Waals surface area (Å²) in [4.78, 5) is 25.6. The molecule has 8 heteroatoms. The van der Waals surface area contributed by atoms with Crippen molar-refractivity contribution in [2.75, 3.05) is 7.11 Å². The molecule has 1 amide bonds. The topological polar surface area (TPSA) is 85.3 Å². The fourth-order valence-electron chi connectivity index (χ4n) is 3.94. The molecule has 2 unspecified atom stereocenters. The zero-order chi connectivity index (χ0) is 24.2.